The van der Waals surface area contributed by atoms with Gasteiger partial charge in [-0.25, -0.2) is 0 Å². The maximum absolute atomic E-state index is 12.6. The molecule has 27 heavy (non-hydrogen) atoms. The number of para-hydroxylation sites is 1. The summed E-state index contributed by atoms with van der Waals surface area (Å²) in [6, 6.07) is 13.9. The lowest BCUT2D eigenvalue weighted by atomic mass is 10.1. The monoisotopic (exact) mass is 370 g/mol. The second kappa shape index (κ2) is 11.0. The first-order valence-corrected chi connectivity index (χ1v) is 9.14. The van der Waals surface area contributed by atoms with Crippen molar-refractivity contribution in [1.82, 2.24) is 5.32 Å². The van der Waals surface area contributed by atoms with Crippen LogP contribution in [-0.4, -0.2) is 38.2 Å². The number of carbonyl (C=O) groups is 2. The van der Waals surface area contributed by atoms with Crippen LogP contribution in [0.5, 0.6) is 5.75 Å². The highest BCUT2D eigenvalue weighted by Crippen LogP contribution is 2.20. The fourth-order valence-electron chi connectivity index (χ4n) is 2.49. The summed E-state index contributed by atoms with van der Waals surface area (Å²) in [6.07, 6.45) is 0.754. The van der Waals surface area contributed by atoms with Gasteiger partial charge in [0.25, 0.3) is 11.8 Å². The van der Waals surface area contributed by atoms with E-state index in [9.17, 15) is 9.59 Å². The predicted molar refractivity (Wildman–Crippen MR) is 105 cm³/mol. The fourth-order valence-corrected chi connectivity index (χ4v) is 2.49. The number of hydrogen-bond donors (Lipinski definition) is 2. The van der Waals surface area contributed by atoms with E-state index < -0.39 is 0 Å². The van der Waals surface area contributed by atoms with Crippen molar-refractivity contribution in [3.8, 4) is 5.75 Å². The highest BCUT2D eigenvalue weighted by Gasteiger charge is 2.13. The molecular formula is C21H26N2O4. The van der Waals surface area contributed by atoms with Gasteiger partial charge in [0.1, 0.15) is 5.75 Å². The molecule has 0 spiro atoms. The Morgan fingerprint density at radius 3 is 2.56 bits per heavy atom. The summed E-state index contributed by atoms with van der Waals surface area (Å²) in [5.74, 6) is 0.0614. The molecule has 0 aliphatic heterocycles. The molecular weight excluding hydrogens is 344 g/mol. The number of amides is 2. The lowest BCUT2D eigenvalue weighted by molar-refractivity contribution is 0.0942. The van der Waals surface area contributed by atoms with Crippen molar-refractivity contribution < 1.29 is 19.1 Å². The number of anilines is 1. The van der Waals surface area contributed by atoms with Gasteiger partial charge < -0.3 is 20.1 Å². The van der Waals surface area contributed by atoms with E-state index in [0.717, 1.165) is 6.42 Å². The van der Waals surface area contributed by atoms with Crippen LogP contribution in [0.3, 0.4) is 0 Å². The number of rotatable bonds is 10. The smallest absolute Gasteiger partial charge is 0.259 e. The van der Waals surface area contributed by atoms with Gasteiger partial charge in [-0.3, -0.25) is 9.59 Å². The van der Waals surface area contributed by atoms with Gasteiger partial charge in [-0.05, 0) is 50.6 Å². The van der Waals surface area contributed by atoms with Crippen molar-refractivity contribution in [2.24, 2.45) is 0 Å². The summed E-state index contributed by atoms with van der Waals surface area (Å²) in [5.41, 5.74) is 1.49. The van der Waals surface area contributed by atoms with E-state index in [1.807, 2.05) is 19.9 Å². The third-order valence-corrected chi connectivity index (χ3v) is 3.77. The number of nitrogens with one attached hydrogen (secondary N) is 2. The number of ether oxygens (including phenoxy) is 2. The number of hydrogen-bond acceptors (Lipinski definition) is 4. The largest absolute Gasteiger partial charge is 0.493 e. The van der Waals surface area contributed by atoms with Crippen LogP contribution in [0.1, 0.15) is 41.0 Å². The van der Waals surface area contributed by atoms with E-state index in [0.29, 0.717) is 48.9 Å². The van der Waals surface area contributed by atoms with Crippen molar-refractivity contribution in [3.05, 3.63) is 59.7 Å². The van der Waals surface area contributed by atoms with E-state index in [1.165, 1.54) is 0 Å². The molecule has 0 saturated carbocycles. The molecule has 0 aliphatic rings. The zero-order chi connectivity index (χ0) is 19.5. The van der Waals surface area contributed by atoms with Gasteiger partial charge in [-0.15, -0.1) is 0 Å². The third-order valence-electron chi connectivity index (χ3n) is 3.77. The van der Waals surface area contributed by atoms with Crippen LogP contribution in [0.4, 0.5) is 5.69 Å². The number of carbonyl (C=O) groups excluding carboxylic acids is 2. The minimum Gasteiger partial charge on any atom is -0.493 e. The molecule has 144 valence electrons. The third kappa shape index (κ3) is 6.42. The normalized spacial score (nSPS) is 10.3. The minimum absolute atomic E-state index is 0.183. The Labute approximate surface area is 159 Å². The Hall–Kier alpha value is -2.86. The zero-order valence-corrected chi connectivity index (χ0v) is 15.8. The van der Waals surface area contributed by atoms with Gasteiger partial charge in [-0.2, -0.15) is 0 Å². The highest BCUT2D eigenvalue weighted by atomic mass is 16.5. The fraction of sp³-hybridized carbons (Fsp3) is 0.333. The molecule has 0 heterocycles. The standard InChI is InChI=1S/C21H26N2O4/c1-3-26-14-8-13-22-20(24)16-9-7-10-17(15-16)23-21(25)18-11-5-6-12-19(18)27-4-2/h5-7,9-12,15H,3-4,8,13-14H2,1-2H3,(H,22,24)(H,23,25). The molecule has 6 heteroatoms. The van der Waals surface area contributed by atoms with Gasteiger partial charge in [-0.1, -0.05) is 18.2 Å². The van der Waals surface area contributed by atoms with E-state index >= 15 is 0 Å². The Bertz CT molecular complexity index is 761. The maximum atomic E-state index is 12.6. The summed E-state index contributed by atoms with van der Waals surface area (Å²) in [7, 11) is 0. The number of benzene rings is 2. The van der Waals surface area contributed by atoms with Crippen LogP contribution in [0.2, 0.25) is 0 Å². The molecule has 2 aromatic rings. The lowest BCUT2D eigenvalue weighted by Crippen LogP contribution is -2.25. The molecule has 0 bridgehead atoms. The van der Waals surface area contributed by atoms with Crippen LogP contribution in [0.15, 0.2) is 48.5 Å². The van der Waals surface area contributed by atoms with Crippen molar-refractivity contribution in [2.75, 3.05) is 31.7 Å². The van der Waals surface area contributed by atoms with Gasteiger partial charge in [0, 0.05) is 31.0 Å². The van der Waals surface area contributed by atoms with E-state index in [4.69, 9.17) is 9.47 Å². The Kier molecular flexibility index (Phi) is 8.32. The maximum Gasteiger partial charge on any atom is 0.259 e. The Balaban J connectivity index is 1.99. The van der Waals surface area contributed by atoms with Crippen molar-refractivity contribution in [3.63, 3.8) is 0 Å². The summed E-state index contributed by atoms with van der Waals surface area (Å²) in [5, 5.41) is 5.66. The van der Waals surface area contributed by atoms with Crippen molar-refractivity contribution in [2.45, 2.75) is 20.3 Å². The van der Waals surface area contributed by atoms with Gasteiger partial charge in [0.15, 0.2) is 0 Å². The first-order chi connectivity index (χ1) is 13.2. The molecule has 0 atom stereocenters. The summed E-state index contributed by atoms with van der Waals surface area (Å²) in [6.45, 7) is 6.10. The molecule has 0 aromatic heterocycles. The first-order valence-electron chi connectivity index (χ1n) is 9.14. The summed E-state index contributed by atoms with van der Waals surface area (Å²) in [4.78, 5) is 24.8. The Morgan fingerprint density at radius 1 is 0.963 bits per heavy atom. The van der Waals surface area contributed by atoms with Crippen LogP contribution >= 0.6 is 0 Å². The van der Waals surface area contributed by atoms with Gasteiger partial charge >= 0.3 is 0 Å². The van der Waals surface area contributed by atoms with Crippen molar-refractivity contribution >= 4 is 17.5 Å². The van der Waals surface area contributed by atoms with Crippen LogP contribution < -0.4 is 15.4 Å². The molecule has 2 amide bonds. The van der Waals surface area contributed by atoms with Crippen LogP contribution in [0.25, 0.3) is 0 Å². The van der Waals surface area contributed by atoms with Gasteiger partial charge in [0.2, 0.25) is 0 Å². The van der Waals surface area contributed by atoms with E-state index in [-0.39, 0.29) is 11.8 Å². The average molecular weight is 370 g/mol. The second-order valence-corrected chi connectivity index (χ2v) is 5.77. The predicted octanol–water partition coefficient (Wildman–Crippen LogP) is 3.49. The van der Waals surface area contributed by atoms with E-state index in [2.05, 4.69) is 10.6 Å². The summed E-state index contributed by atoms with van der Waals surface area (Å²) < 4.78 is 10.7. The van der Waals surface area contributed by atoms with Crippen LogP contribution in [-0.2, 0) is 4.74 Å². The Morgan fingerprint density at radius 2 is 1.78 bits per heavy atom. The molecule has 6 nitrogen and oxygen atoms in total. The van der Waals surface area contributed by atoms with Crippen molar-refractivity contribution in [1.29, 1.82) is 0 Å². The SMILES string of the molecule is CCOCCCNC(=O)c1cccc(NC(=O)c2ccccc2OCC)c1. The second-order valence-electron chi connectivity index (χ2n) is 5.77. The molecule has 2 rings (SSSR count). The molecule has 2 N–H and O–H groups in total. The van der Waals surface area contributed by atoms with E-state index in [1.54, 1.807) is 42.5 Å². The highest BCUT2D eigenvalue weighted by molar-refractivity contribution is 6.06. The molecule has 0 unspecified atom stereocenters. The molecule has 0 saturated heterocycles. The first kappa shape index (κ1) is 20.5. The quantitative estimate of drug-likeness (QED) is 0.628. The van der Waals surface area contributed by atoms with Gasteiger partial charge in [0.05, 0.1) is 12.2 Å². The van der Waals surface area contributed by atoms with Crippen LogP contribution in [0, 0.1) is 0 Å². The molecule has 0 aliphatic carbocycles. The molecule has 0 radical (unpaired) electrons. The lowest BCUT2D eigenvalue weighted by Gasteiger charge is -2.11. The zero-order valence-electron chi connectivity index (χ0n) is 15.8. The minimum atomic E-state index is -0.284. The molecule has 2 aromatic carbocycles. The molecule has 0 fully saturated rings. The topological polar surface area (TPSA) is 76.7 Å². The average Bonchev–Trinajstić information content (AvgIpc) is 2.68. The summed E-state index contributed by atoms with van der Waals surface area (Å²) >= 11 is 0.